The van der Waals surface area contributed by atoms with Crippen molar-refractivity contribution >= 4 is 40.3 Å². The third-order valence-electron chi connectivity index (χ3n) is 7.64. The molecule has 0 radical (unpaired) electrons. The fourth-order valence-electron chi connectivity index (χ4n) is 5.27. The summed E-state index contributed by atoms with van der Waals surface area (Å²) in [5, 5.41) is 16.3. The number of fused-ring (bicyclic) bond motifs is 4. The SMILES string of the molecule is Cc1oc2nc1C(=O)NCCCC[C@H](NC(=O)c1nc3ncccn3n1)C(=O)N[C@H](Cc1c[nH]c3ccccc13)C(=O)N[C@@H]2C. The average molecular weight is 613 g/mol. The largest absolute Gasteiger partial charge is 0.443 e. The van der Waals surface area contributed by atoms with E-state index >= 15 is 0 Å². The maximum absolute atomic E-state index is 13.8. The lowest BCUT2D eigenvalue weighted by Gasteiger charge is -2.24. The van der Waals surface area contributed by atoms with Gasteiger partial charge in [-0.15, -0.1) is 5.10 Å². The second-order valence-electron chi connectivity index (χ2n) is 10.9. The molecule has 2 bridgehead atoms. The number of nitrogens with one attached hydrogen (secondary N) is 5. The van der Waals surface area contributed by atoms with Crippen molar-refractivity contribution in [2.45, 2.75) is 57.7 Å². The van der Waals surface area contributed by atoms with Gasteiger partial charge in [-0.2, -0.15) is 4.98 Å². The number of nitrogens with zero attached hydrogens (tertiary/aromatic N) is 5. The summed E-state index contributed by atoms with van der Waals surface area (Å²) in [6.07, 6.45) is 6.31. The van der Waals surface area contributed by atoms with Crippen LogP contribution in [-0.2, 0) is 16.0 Å². The number of benzene rings is 1. The van der Waals surface area contributed by atoms with Crippen molar-refractivity contribution in [2.24, 2.45) is 0 Å². The normalized spacial score (nSPS) is 20.0. The molecule has 45 heavy (non-hydrogen) atoms. The molecule has 0 spiro atoms. The maximum atomic E-state index is 13.8. The third kappa shape index (κ3) is 6.37. The number of aromatic amines is 1. The number of para-hydroxylation sites is 1. The molecule has 0 saturated carbocycles. The molecule has 1 aromatic carbocycles. The van der Waals surface area contributed by atoms with Crippen LogP contribution in [-0.4, -0.2) is 71.8 Å². The molecule has 5 aromatic rings. The Kier molecular flexibility index (Phi) is 8.22. The summed E-state index contributed by atoms with van der Waals surface area (Å²) in [5.74, 6) is -1.54. The molecule has 5 N–H and O–H groups in total. The van der Waals surface area contributed by atoms with Crippen LogP contribution in [0.3, 0.4) is 0 Å². The number of aryl methyl sites for hydroxylation is 1. The third-order valence-corrected chi connectivity index (χ3v) is 7.64. The first-order chi connectivity index (χ1) is 21.8. The number of H-pyrrole nitrogens is 1. The molecule has 15 heteroatoms. The Morgan fingerprint density at radius 3 is 2.78 bits per heavy atom. The van der Waals surface area contributed by atoms with Gasteiger partial charge in [-0.25, -0.2) is 14.5 Å². The molecule has 0 aliphatic carbocycles. The summed E-state index contributed by atoms with van der Waals surface area (Å²) < 4.78 is 7.08. The zero-order valence-electron chi connectivity index (χ0n) is 24.7. The van der Waals surface area contributed by atoms with E-state index in [9.17, 15) is 19.2 Å². The quantitative estimate of drug-likeness (QED) is 0.199. The molecule has 15 nitrogen and oxygen atoms in total. The van der Waals surface area contributed by atoms with E-state index in [1.54, 1.807) is 32.3 Å². The number of oxazole rings is 1. The Labute approximate surface area is 256 Å². The second-order valence-corrected chi connectivity index (χ2v) is 10.9. The Balaban J connectivity index is 1.29. The van der Waals surface area contributed by atoms with E-state index < -0.39 is 41.8 Å². The lowest BCUT2D eigenvalue weighted by Crippen LogP contribution is -2.54. The van der Waals surface area contributed by atoms with Crippen LogP contribution in [0.5, 0.6) is 0 Å². The topological polar surface area (TPSA) is 201 Å². The van der Waals surface area contributed by atoms with Crippen molar-refractivity contribution in [3.63, 3.8) is 0 Å². The summed E-state index contributed by atoms with van der Waals surface area (Å²) in [6.45, 7) is 3.63. The first-order valence-electron chi connectivity index (χ1n) is 14.7. The number of hydrogen-bond acceptors (Lipinski definition) is 9. The number of hydrogen-bond donors (Lipinski definition) is 5. The van der Waals surface area contributed by atoms with Crippen molar-refractivity contribution in [2.75, 3.05) is 6.54 Å². The smallest absolute Gasteiger partial charge is 0.291 e. The van der Waals surface area contributed by atoms with Gasteiger partial charge in [-0.1, -0.05) is 18.2 Å². The molecule has 4 aromatic heterocycles. The maximum Gasteiger partial charge on any atom is 0.291 e. The zero-order chi connectivity index (χ0) is 31.5. The molecule has 1 aliphatic rings. The Morgan fingerprint density at radius 2 is 1.93 bits per heavy atom. The molecule has 3 atom stereocenters. The number of rotatable bonds is 4. The van der Waals surface area contributed by atoms with Crippen LogP contribution in [0.15, 0.2) is 53.3 Å². The molecule has 0 saturated heterocycles. The van der Waals surface area contributed by atoms with Gasteiger partial charge in [0.1, 0.15) is 23.9 Å². The first kappa shape index (κ1) is 29.5. The minimum Gasteiger partial charge on any atom is -0.443 e. The van der Waals surface area contributed by atoms with Gasteiger partial charge in [-0.3, -0.25) is 19.2 Å². The van der Waals surface area contributed by atoms with Gasteiger partial charge in [0.2, 0.25) is 23.5 Å². The lowest BCUT2D eigenvalue weighted by atomic mass is 10.0. The van der Waals surface area contributed by atoms with E-state index in [2.05, 4.69) is 46.3 Å². The van der Waals surface area contributed by atoms with E-state index in [-0.39, 0.29) is 36.0 Å². The van der Waals surface area contributed by atoms with E-state index in [4.69, 9.17) is 4.42 Å². The van der Waals surface area contributed by atoms with Crippen LogP contribution in [0.25, 0.3) is 16.7 Å². The molecule has 0 fully saturated rings. The van der Waals surface area contributed by atoms with E-state index in [1.165, 1.54) is 10.7 Å². The summed E-state index contributed by atoms with van der Waals surface area (Å²) in [6, 6.07) is 6.55. The Bertz CT molecular complexity index is 1860. The molecule has 6 rings (SSSR count). The highest BCUT2D eigenvalue weighted by atomic mass is 16.4. The van der Waals surface area contributed by atoms with Crippen molar-refractivity contribution in [3.05, 3.63) is 77.7 Å². The molecular weight excluding hydrogens is 580 g/mol. The van der Waals surface area contributed by atoms with Crippen LogP contribution in [0.4, 0.5) is 0 Å². The van der Waals surface area contributed by atoms with Crippen molar-refractivity contribution < 1.29 is 23.6 Å². The predicted octanol–water partition coefficient (Wildman–Crippen LogP) is 1.52. The van der Waals surface area contributed by atoms with Crippen molar-refractivity contribution in [1.82, 2.24) is 50.8 Å². The van der Waals surface area contributed by atoms with Gasteiger partial charge in [0, 0.05) is 42.5 Å². The summed E-state index contributed by atoms with van der Waals surface area (Å²) in [4.78, 5) is 69.3. The van der Waals surface area contributed by atoms with Crippen molar-refractivity contribution in [1.29, 1.82) is 0 Å². The Hall–Kier alpha value is -5.60. The fourth-order valence-corrected chi connectivity index (χ4v) is 5.27. The number of amides is 4. The van der Waals surface area contributed by atoms with Crippen LogP contribution >= 0.6 is 0 Å². The Morgan fingerprint density at radius 1 is 1.09 bits per heavy atom. The molecule has 0 unspecified atom stereocenters. The summed E-state index contributed by atoms with van der Waals surface area (Å²) >= 11 is 0. The van der Waals surface area contributed by atoms with Gasteiger partial charge < -0.3 is 30.7 Å². The van der Waals surface area contributed by atoms with Gasteiger partial charge in [0.15, 0.2) is 5.69 Å². The zero-order valence-corrected chi connectivity index (χ0v) is 24.7. The van der Waals surface area contributed by atoms with Gasteiger partial charge in [0.05, 0.1) is 0 Å². The molecule has 4 amide bonds. The van der Waals surface area contributed by atoms with Crippen LogP contribution in [0, 0.1) is 6.92 Å². The molecule has 1 aliphatic heterocycles. The van der Waals surface area contributed by atoms with Gasteiger partial charge >= 0.3 is 0 Å². The highest BCUT2D eigenvalue weighted by Gasteiger charge is 2.31. The summed E-state index contributed by atoms with van der Waals surface area (Å²) in [7, 11) is 0. The number of carbonyl (C=O) groups is 4. The van der Waals surface area contributed by atoms with Crippen LogP contribution in [0.2, 0.25) is 0 Å². The van der Waals surface area contributed by atoms with E-state index in [0.29, 0.717) is 25.1 Å². The average Bonchev–Trinajstić information content (AvgIpc) is 3.76. The second kappa shape index (κ2) is 12.6. The molecule has 232 valence electrons. The summed E-state index contributed by atoms with van der Waals surface area (Å²) in [5.41, 5.74) is 1.85. The minimum atomic E-state index is -1.03. The highest BCUT2D eigenvalue weighted by Crippen LogP contribution is 2.21. The van der Waals surface area contributed by atoms with Crippen LogP contribution in [0.1, 0.15) is 70.5 Å². The van der Waals surface area contributed by atoms with E-state index in [1.807, 2.05) is 24.3 Å². The minimum absolute atomic E-state index is 0.140. The monoisotopic (exact) mass is 612 g/mol. The number of carbonyl (C=O) groups excluding carboxylic acids is 4. The lowest BCUT2D eigenvalue weighted by molar-refractivity contribution is -0.130. The predicted molar refractivity (Wildman–Crippen MR) is 160 cm³/mol. The van der Waals surface area contributed by atoms with Gasteiger partial charge in [-0.05, 0) is 50.8 Å². The van der Waals surface area contributed by atoms with E-state index in [0.717, 1.165) is 16.5 Å². The number of aromatic nitrogens is 6. The van der Waals surface area contributed by atoms with Crippen LogP contribution < -0.4 is 21.3 Å². The highest BCUT2D eigenvalue weighted by molar-refractivity contribution is 5.97. The fraction of sp³-hybridized carbons (Fsp3) is 0.333. The van der Waals surface area contributed by atoms with Gasteiger partial charge in [0.25, 0.3) is 17.6 Å². The standard InChI is InChI=1S/C30H32N10O5/c1-16-29-37-23(17(2)45-29)27(43)31-11-6-5-10-21(35-28(44)24-38-30-32-12-7-13-40(30)39-24)25(41)36-22(26(42)34-16)14-18-15-33-20-9-4-3-8-19(18)20/h3-4,7-9,12-13,15-16,21-22,33H,5-6,10-11,14H2,1-2H3,(H,31,43)(H,34,42)(H,35,44)(H,36,41)/t16-,21+,22-/m1/s1. The van der Waals surface area contributed by atoms with Crippen molar-refractivity contribution in [3.8, 4) is 0 Å². The molecular formula is C30H32N10O5. The molecule has 5 heterocycles. The first-order valence-corrected chi connectivity index (χ1v) is 14.7.